The zero-order valence-electron chi connectivity index (χ0n) is 12.7. The van der Waals surface area contributed by atoms with Crippen molar-refractivity contribution in [1.29, 1.82) is 10.7 Å². The van der Waals surface area contributed by atoms with Crippen LogP contribution in [-0.4, -0.2) is 21.1 Å². The maximum absolute atomic E-state index is 9.53. The smallest absolute Gasteiger partial charge is 0.243 e. The molecule has 112 valence electrons. The predicted molar refractivity (Wildman–Crippen MR) is 80.8 cm³/mol. The van der Waals surface area contributed by atoms with E-state index in [1.165, 1.54) is 0 Å². The van der Waals surface area contributed by atoms with Gasteiger partial charge in [0.2, 0.25) is 11.8 Å². The Bertz CT molecular complexity index is 751. The van der Waals surface area contributed by atoms with Crippen LogP contribution >= 0.6 is 0 Å². The average Bonchev–Trinajstić information content (AvgIpc) is 2.90. The van der Waals surface area contributed by atoms with Crippen molar-refractivity contribution in [1.82, 2.24) is 15.2 Å². The Balaban J connectivity index is 2.25. The monoisotopic (exact) mass is 295 g/mol. The largest absolute Gasteiger partial charge is 0.422 e. The van der Waals surface area contributed by atoms with Crippen LogP contribution in [0, 0.1) is 22.7 Å². The standard InChI is InChI=1S/C16H17N5O/c1-16(2,3)13-12-11(9-4-6-19-7-5-9)10(8-17)14(18)22-15(12)21-20-13/h4-7,10-11,18H,1-3H3,(H,20,21). The van der Waals surface area contributed by atoms with Gasteiger partial charge in [0.1, 0.15) is 5.92 Å². The molecule has 0 bridgehead atoms. The van der Waals surface area contributed by atoms with E-state index < -0.39 is 5.92 Å². The van der Waals surface area contributed by atoms with Gasteiger partial charge < -0.3 is 4.74 Å². The Morgan fingerprint density at radius 1 is 1.32 bits per heavy atom. The SMILES string of the molecule is CC(C)(C)c1[nH]nc2c1C(c1ccncc1)C(C#N)C(=N)O2. The third-order valence-corrected chi connectivity index (χ3v) is 3.86. The maximum atomic E-state index is 9.53. The summed E-state index contributed by atoms with van der Waals surface area (Å²) in [4.78, 5) is 4.03. The van der Waals surface area contributed by atoms with E-state index in [4.69, 9.17) is 10.1 Å². The highest BCUT2D eigenvalue weighted by Gasteiger charge is 2.42. The number of aromatic amines is 1. The summed E-state index contributed by atoms with van der Waals surface area (Å²) in [6.45, 7) is 6.23. The Hall–Kier alpha value is -2.68. The van der Waals surface area contributed by atoms with Gasteiger partial charge in [0, 0.05) is 35.0 Å². The van der Waals surface area contributed by atoms with Crippen LogP contribution in [0.3, 0.4) is 0 Å². The molecular weight excluding hydrogens is 278 g/mol. The number of nitrogens with zero attached hydrogens (tertiary/aromatic N) is 3. The first-order chi connectivity index (χ1) is 10.4. The lowest BCUT2D eigenvalue weighted by Gasteiger charge is -2.30. The molecule has 0 fully saturated rings. The van der Waals surface area contributed by atoms with E-state index in [0.29, 0.717) is 5.88 Å². The van der Waals surface area contributed by atoms with Gasteiger partial charge in [-0.15, -0.1) is 5.10 Å². The van der Waals surface area contributed by atoms with Gasteiger partial charge in [0.25, 0.3) is 0 Å². The van der Waals surface area contributed by atoms with Gasteiger partial charge in [-0.05, 0) is 17.7 Å². The zero-order chi connectivity index (χ0) is 15.9. The number of aromatic nitrogens is 3. The fraction of sp³-hybridized carbons (Fsp3) is 0.375. The summed E-state index contributed by atoms with van der Waals surface area (Å²) in [6, 6.07) is 5.94. The third-order valence-electron chi connectivity index (χ3n) is 3.86. The van der Waals surface area contributed by atoms with E-state index in [0.717, 1.165) is 16.8 Å². The molecule has 1 aliphatic rings. The van der Waals surface area contributed by atoms with E-state index in [1.807, 2.05) is 12.1 Å². The van der Waals surface area contributed by atoms with Crippen LogP contribution in [0.5, 0.6) is 5.88 Å². The first kappa shape index (κ1) is 14.3. The van der Waals surface area contributed by atoms with Crippen molar-refractivity contribution in [3.63, 3.8) is 0 Å². The highest BCUT2D eigenvalue weighted by molar-refractivity contribution is 5.84. The number of nitrogens with one attached hydrogen (secondary N) is 2. The fourth-order valence-electron chi connectivity index (χ4n) is 2.82. The Labute approximate surface area is 128 Å². The fourth-order valence-corrected chi connectivity index (χ4v) is 2.82. The molecule has 0 amide bonds. The van der Waals surface area contributed by atoms with Crippen molar-refractivity contribution in [3.8, 4) is 11.9 Å². The van der Waals surface area contributed by atoms with E-state index in [2.05, 4.69) is 42.0 Å². The summed E-state index contributed by atoms with van der Waals surface area (Å²) in [7, 11) is 0. The molecule has 3 heterocycles. The topological polar surface area (TPSA) is 98.4 Å². The summed E-state index contributed by atoms with van der Waals surface area (Å²) >= 11 is 0. The van der Waals surface area contributed by atoms with Crippen LogP contribution < -0.4 is 4.74 Å². The maximum Gasteiger partial charge on any atom is 0.243 e. The second kappa shape index (κ2) is 4.95. The number of rotatable bonds is 1. The molecule has 0 aromatic carbocycles. The summed E-state index contributed by atoms with van der Waals surface area (Å²) in [5.74, 6) is -0.627. The van der Waals surface area contributed by atoms with Crippen LogP contribution in [-0.2, 0) is 5.41 Å². The second-order valence-corrected chi connectivity index (χ2v) is 6.40. The number of fused-ring (bicyclic) bond motifs is 1. The van der Waals surface area contributed by atoms with Crippen LogP contribution in [0.1, 0.15) is 43.5 Å². The molecule has 1 aliphatic heterocycles. The molecule has 22 heavy (non-hydrogen) atoms. The van der Waals surface area contributed by atoms with Gasteiger partial charge in [0.15, 0.2) is 0 Å². The Morgan fingerprint density at radius 3 is 2.59 bits per heavy atom. The highest BCUT2D eigenvalue weighted by Crippen LogP contribution is 2.45. The summed E-state index contributed by atoms with van der Waals surface area (Å²) in [5, 5.41) is 24.8. The normalized spacial score (nSPS) is 20.9. The lowest BCUT2D eigenvalue weighted by atomic mass is 9.76. The van der Waals surface area contributed by atoms with Gasteiger partial charge in [-0.1, -0.05) is 20.8 Å². The molecule has 6 heteroatoms. The van der Waals surface area contributed by atoms with E-state index in [1.54, 1.807) is 12.4 Å². The van der Waals surface area contributed by atoms with Crippen LogP contribution in [0.25, 0.3) is 0 Å². The molecule has 3 rings (SSSR count). The minimum absolute atomic E-state index is 0.0660. The van der Waals surface area contributed by atoms with E-state index in [9.17, 15) is 5.26 Å². The van der Waals surface area contributed by atoms with Crippen LogP contribution in [0.15, 0.2) is 24.5 Å². The molecule has 0 spiro atoms. The van der Waals surface area contributed by atoms with Gasteiger partial charge in [0.05, 0.1) is 6.07 Å². The van der Waals surface area contributed by atoms with Crippen molar-refractivity contribution >= 4 is 5.90 Å². The highest BCUT2D eigenvalue weighted by atomic mass is 16.5. The summed E-state index contributed by atoms with van der Waals surface area (Å²) < 4.78 is 5.47. The molecule has 0 saturated heterocycles. The number of pyridine rings is 1. The first-order valence-electron chi connectivity index (χ1n) is 7.08. The Kier molecular flexibility index (Phi) is 3.21. The predicted octanol–water partition coefficient (Wildman–Crippen LogP) is 2.74. The first-order valence-corrected chi connectivity index (χ1v) is 7.08. The molecule has 2 aromatic rings. The molecule has 0 radical (unpaired) electrons. The lowest BCUT2D eigenvalue weighted by Crippen LogP contribution is -2.32. The van der Waals surface area contributed by atoms with Crippen molar-refractivity contribution in [2.45, 2.75) is 32.1 Å². The number of hydrogen-bond donors (Lipinski definition) is 2. The molecule has 0 aliphatic carbocycles. The molecule has 0 saturated carbocycles. The molecular formula is C16H17N5O. The van der Waals surface area contributed by atoms with Crippen molar-refractivity contribution in [2.75, 3.05) is 0 Å². The van der Waals surface area contributed by atoms with Gasteiger partial charge in [-0.25, -0.2) is 0 Å². The lowest BCUT2D eigenvalue weighted by molar-refractivity contribution is 0.433. The number of hydrogen-bond acceptors (Lipinski definition) is 5. The molecule has 2 aromatic heterocycles. The van der Waals surface area contributed by atoms with Crippen LogP contribution in [0.4, 0.5) is 0 Å². The minimum atomic E-state index is -0.673. The number of ether oxygens (including phenoxy) is 1. The number of H-pyrrole nitrogens is 1. The minimum Gasteiger partial charge on any atom is -0.422 e. The molecule has 2 N–H and O–H groups in total. The molecule has 6 nitrogen and oxygen atoms in total. The number of nitriles is 1. The average molecular weight is 295 g/mol. The third kappa shape index (κ3) is 2.15. The van der Waals surface area contributed by atoms with Crippen molar-refractivity contribution in [2.24, 2.45) is 5.92 Å². The second-order valence-electron chi connectivity index (χ2n) is 6.40. The summed E-state index contributed by atoms with van der Waals surface area (Å²) in [6.07, 6.45) is 3.39. The van der Waals surface area contributed by atoms with Gasteiger partial charge in [-0.3, -0.25) is 15.5 Å². The van der Waals surface area contributed by atoms with E-state index >= 15 is 0 Å². The molecule has 2 atom stereocenters. The van der Waals surface area contributed by atoms with Crippen LogP contribution in [0.2, 0.25) is 0 Å². The van der Waals surface area contributed by atoms with Gasteiger partial charge in [-0.2, -0.15) is 5.26 Å². The Morgan fingerprint density at radius 2 is 2.00 bits per heavy atom. The molecule has 2 unspecified atom stereocenters. The summed E-state index contributed by atoms with van der Waals surface area (Å²) in [5.41, 5.74) is 2.55. The quantitative estimate of drug-likeness (QED) is 0.845. The van der Waals surface area contributed by atoms with Crippen molar-refractivity contribution in [3.05, 3.63) is 41.3 Å². The van der Waals surface area contributed by atoms with E-state index in [-0.39, 0.29) is 17.2 Å². The van der Waals surface area contributed by atoms with Gasteiger partial charge >= 0.3 is 0 Å². The van der Waals surface area contributed by atoms with Crippen molar-refractivity contribution < 1.29 is 4.74 Å². The zero-order valence-corrected chi connectivity index (χ0v) is 12.7.